The molecule has 0 spiro atoms. The number of isocyanates is 1. The minimum Gasteiger partial charge on any atom is -0.211 e. The van der Waals surface area contributed by atoms with Gasteiger partial charge < -0.3 is 0 Å². The van der Waals surface area contributed by atoms with Crippen molar-refractivity contribution in [1.82, 2.24) is 0 Å². The van der Waals surface area contributed by atoms with Crippen molar-refractivity contribution in [2.45, 2.75) is 52.0 Å². The summed E-state index contributed by atoms with van der Waals surface area (Å²) in [5, 5.41) is 0. The fourth-order valence-electron chi connectivity index (χ4n) is 2.07. The van der Waals surface area contributed by atoms with Gasteiger partial charge in [0.1, 0.15) is 0 Å². The van der Waals surface area contributed by atoms with E-state index in [2.05, 4.69) is 38.9 Å². The highest BCUT2D eigenvalue weighted by molar-refractivity contribution is 6.79. The Balaban J connectivity index is 4.46. The van der Waals surface area contributed by atoms with Gasteiger partial charge in [-0.2, -0.15) is 0 Å². The van der Waals surface area contributed by atoms with Crippen LogP contribution in [0.4, 0.5) is 0 Å². The van der Waals surface area contributed by atoms with Gasteiger partial charge in [-0.05, 0) is 12.3 Å². The quantitative estimate of drug-likeness (QED) is 0.380. The van der Waals surface area contributed by atoms with E-state index >= 15 is 0 Å². The predicted octanol–water partition coefficient (Wildman–Crippen LogP) is 3.00. The van der Waals surface area contributed by atoms with E-state index in [1.807, 2.05) is 0 Å². The average molecular weight is 199 g/mol. The summed E-state index contributed by atoms with van der Waals surface area (Å²) >= 11 is 0. The van der Waals surface area contributed by atoms with Crippen molar-refractivity contribution in [2.75, 3.05) is 0 Å². The van der Waals surface area contributed by atoms with Crippen molar-refractivity contribution in [3.8, 4) is 0 Å². The lowest BCUT2D eigenvalue weighted by atomic mass is 10.3. The second-order valence-corrected chi connectivity index (χ2v) is 9.78. The molecule has 76 valence electrons. The maximum atomic E-state index is 10.2. The third-order valence-electron chi connectivity index (χ3n) is 2.43. The summed E-state index contributed by atoms with van der Waals surface area (Å²) < 4.78 is 0. The van der Waals surface area contributed by atoms with E-state index < -0.39 is 8.07 Å². The van der Waals surface area contributed by atoms with Gasteiger partial charge in [-0.15, -0.1) is 0 Å². The van der Waals surface area contributed by atoms with Crippen molar-refractivity contribution < 1.29 is 4.79 Å². The normalized spacial score (nSPS) is 14.0. The Morgan fingerprint density at radius 1 is 1.38 bits per heavy atom. The number of rotatable bonds is 5. The molecular weight excluding hydrogens is 178 g/mol. The van der Waals surface area contributed by atoms with Gasteiger partial charge in [0.05, 0.1) is 13.7 Å². The molecule has 0 rings (SSSR count). The standard InChI is InChI=1S/C10H21NOSi/c1-6-10(11-8-12)13(4,5)7-9(2)3/h9-10H,6-7H2,1-5H3. The van der Waals surface area contributed by atoms with E-state index in [9.17, 15) is 4.79 Å². The second-order valence-electron chi connectivity index (χ2n) is 4.73. The minimum absolute atomic E-state index is 0.257. The lowest BCUT2D eigenvalue weighted by Gasteiger charge is -2.29. The van der Waals surface area contributed by atoms with Crippen LogP contribution >= 0.6 is 0 Å². The van der Waals surface area contributed by atoms with Gasteiger partial charge in [0, 0.05) is 0 Å². The molecule has 0 heterocycles. The van der Waals surface area contributed by atoms with Gasteiger partial charge in [0.15, 0.2) is 0 Å². The van der Waals surface area contributed by atoms with Crippen LogP contribution in [0.5, 0.6) is 0 Å². The van der Waals surface area contributed by atoms with Crippen LogP contribution < -0.4 is 0 Å². The lowest BCUT2D eigenvalue weighted by molar-refractivity contribution is 0.560. The highest BCUT2D eigenvalue weighted by atomic mass is 28.3. The van der Waals surface area contributed by atoms with E-state index in [-0.39, 0.29) is 5.67 Å². The van der Waals surface area contributed by atoms with Crippen LogP contribution in [0.25, 0.3) is 0 Å². The SMILES string of the molecule is CCC(N=C=O)[Si](C)(C)CC(C)C. The molecule has 3 heteroatoms. The fraction of sp³-hybridized carbons (Fsp3) is 0.900. The summed E-state index contributed by atoms with van der Waals surface area (Å²) in [6, 6.07) is 1.23. The Kier molecular flexibility index (Phi) is 5.19. The van der Waals surface area contributed by atoms with Gasteiger partial charge in [0.25, 0.3) is 0 Å². The molecule has 0 aliphatic heterocycles. The van der Waals surface area contributed by atoms with Crippen LogP contribution in [-0.4, -0.2) is 19.8 Å². The van der Waals surface area contributed by atoms with Crippen molar-refractivity contribution in [3.63, 3.8) is 0 Å². The molecule has 0 aromatic carbocycles. The fourth-order valence-corrected chi connectivity index (χ4v) is 5.95. The van der Waals surface area contributed by atoms with Gasteiger partial charge in [-0.25, -0.2) is 9.79 Å². The monoisotopic (exact) mass is 199 g/mol. The summed E-state index contributed by atoms with van der Waals surface area (Å²) in [6.45, 7) is 11.2. The van der Waals surface area contributed by atoms with Gasteiger partial charge in [-0.1, -0.05) is 39.9 Å². The smallest absolute Gasteiger partial charge is 0.211 e. The zero-order valence-electron chi connectivity index (χ0n) is 9.42. The molecule has 13 heavy (non-hydrogen) atoms. The molecule has 0 saturated carbocycles. The third-order valence-corrected chi connectivity index (χ3v) is 6.64. The van der Waals surface area contributed by atoms with Gasteiger partial charge >= 0.3 is 0 Å². The van der Waals surface area contributed by atoms with Crippen molar-refractivity contribution in [1.29, 1.82) is 0 Å². The van der Waals surface area contributed by atoms with Crippen LogP contribution in [0.1, 0.15) is 27.2 Å². The van der Waals surface area contributed by atoms with E-state index in [1.54, 1.807) is 6.08 Å². The molecule has 0 aliphatic carbocycles. The zero-order chi connectivity index (χ0) is 10.5. The highest BCUT2D eigenvalue weighted by Gasteiger charge is 2.30. The first kappa shape index (κ1) is 12.6. The molecule has 0 aliphatic rings. The number of carbonyl (C=O) groups excluding carboxylic acids is 1. The summed E-state index contributed by atoms with van der Waals surface area (Å²) in [4.78, 5) is 14.2. The number of aliphatic imine (C=N–C) groups is 1. The van der Waals surface area contributed by atoms with Crippen molar-refractivity contribution >= 4 is 14.2 Å². The number of hydrogen-bond acceptors (Lipinski definition) is 2. The van der Waals surface area contributed by atoms with Crippen LogP contribution in [-0.2, 0) is 4.79 Å². The van der Waals surface area contributed by atoms with E-state index in [0.29, 0.717) is 5.92 Å². The molecule has 0 N–H and O–H groups in total. The molecule has 1 unspecified atom stereocenters. The van der Waals surface area contributed by atoms with Crippen molar-refractivity contribution in [2.24, 2.45) is 10.9 Å². The Hall–Kier alpha value is -0.403. The number of nitrogens with zero attached hydrogens (tertiary/aromatic N) is 1. The molecule has 0 amide bonds. The Morgan fingerprint density at radius 2 is 1.92 bits per heavy atom. The van der Waals surface area contributed by atoms with E-state index in [4.69, 9.17) is 0 Å². The molecule has 0 bridgehead atoms. The first-order valence-corrected chi connectivity index (χ1v) is 8.29. The molecule has 2 nitrogen and oxygen atoms in total. The lowest BCUT2D eigenvalue weighted by Crippen LogP contribution is -2.41. The second kappa shape index (κ2) is 5.35. The molecule has 0 fully saturated rings. The van der Waals surface area contributed by atoms with Crippen LogP contribution in [0, 0.1) is 5.92 Å². The molecule has 0 aromatic heterocycles. The van der Waals surface area contributed by atoms with Crippen molar-refractivity contribution in [3.05, 3.63) is 0 Å². The highest BCUT2D eigenvalue weighted by Crippen LogP contribution is 2.23. The Bertz CT molecular complexity index is 195. The molecule has 1 atom stereocenters. The summed E-state index contributed by atoms with van der Waals surface area (Å²) in [5.74, 6) is 0.706. The van der Waals surface area contributed by atoms with E-state index in [0.717, 1.165) is 6.42 Å². The maximum absolute atomic E-state index is 10.2. The zero-order valence-corrected chi connectivity index (χ0v) is 10.4. The Morgan fingerprint density at radius 3 is 2.23 bits per heavy atom. The first-order chi connectivity index (χ1) is 5.94. The van der Waals surface area contributed by atoms with E-state index in [1.165, 1.54) is 6.04 Å². The average Bonchev–Trinajstić information content (AvgIpc) is 1.97. The maximum Gasteiger partial charge on any atom is 0.234 e. The summed E-state index contributed by atoms with van der Waals surface area (Å²) in [7, 11) is -1.35. The summed E-state index contributed by atoms with van der Waals surface area (Å²) in [6.07, 6.45) is 2.68. The summed E-state index contributed by atoms with van der Waals surface area (Å²) in [5.41, 5.74) is 0.257. The van der Waals surface area contributed by atoms with Crippen LogP contribution in [0.3, 0.4) is 0 Å². The van der Waals surface area contributed by atoms with Gasteiger partial charge in [-0.3, -0.25) is 0 Å². The van der Waals surface area contributed by atoms with Gasteiger partial charge in [0.2, 0.25) is 6.08 Å². The topological polar surface area (TPSA) is 29.4 Å². The molecule has 0 aromatic rings. The predicted molar refractivity (Wildman–Crippen MR) is 59.3 cm³/mol. The number of hydrogen-bond donors (Lipinski definition) is 0. The largest absolute Gasteiger partial charge is 0.234 e. The first-order valence-electron chi connectivity index (χ1n) is 5.01. The van der Waals surface area contributed by atoms with Crippen LogP contribution in [0.15, 0.2) is 4.99 Å². The van der Waals surface area contributed by atoms with Crippen LogP contribution in [0.2, 0.25) is 19.1 Å². The molecule has 0 saturated heterocycles. The minimum atomic E-state index is -1.35. The Labute approximate surface area is 82.5 Å². The third kappa shape index (κ3) is 4.39. The molecule has 0 radical (unpaired) electrons. The molecular formula is C10H21NOSi.